The van der Waals surface area contributed by atoms with Gasteiger partial charge in [-0.15, -0.1) is 5.10 Å². The third-order valence-corrected chi connectivity index (χ3v) is 2.99. The molecule has 0 fully saturated rings. The van der Waals surface area contributed by atoms with Crippen LogP contribution in [-0.2, 0) is 4.74 Å². The summed E-state index contributed by atoms with van der Waals surface area (Å²) in [6, 6.07) is 3.88. The van der Waals surface area contributed by atoms with Gasteiger partial charge in [-0.25, -0.2) is 4.52 Å². The third kappa shape index (κ3) is 3.17. The first-order chi connectivity index (χ1) is 8.31. The van der Waals surface area contributed by atoms with E-state index in [9.17, 15) is 0 Å². The molecular weight excluding hydrogens is 284 g/mol. The molecule has 2 heterocycles. The van der Waals surface area contributed by atoms with Gasteiger partial charge in [0.25, 0.3) is 0 Å². The maximum atomic E-state index is 4.99. The number of ether oxygens (including phenoxy) is 1. The van der Waals surface area contributed by atoms with Crippen LogP contribution < -0.4 is 5.32 Å². The lowest BCUT2D eigenvalue weighted by Gasteiger charge is -2.00. The Hall–Kier alpha value is -1.14. The molecule has 0 amide bonds. The summed E-state index contributed by atoms with van der Waals surface area (Å²) in [6.45, 7) is 1.66. The van der Waals surface area contributed by atoms with E-state index in [4.69, 9.17) is 4.74 Å². The number of aromatic nitrogens is 3. The van der Waals surface area contributed by atoms with Crippen molar-refractivity contribution in [2.24, 2.45) is 0 Å². The Bertz CT molecular complexity index is 485. The molecule has 0 saturated heterocycles. The quantitative estimate of drug-likeness (QED) is 0.832. The molecule has 0 aliphatic carbocycles. The molecule has 0 aromatic carbocycles. The van der Waals surface area contributed by atoms with E-state index >= 15 is 0 Å². The van der Waals surface area contributed by atoms with Gasteiger partial charge >= 0.3 is 0 Å². The van der Waals surface area contributed by atoms with Crippen LogP contribution in [0, 0.1) is 0 Å². The van der Waals surface area contributed by atoms with Crippen LogP contribution >= 0.6 is 15.9 Å². The zero-order chi connectivity index (χ0) is 12.1. The predicted molar refractivity (Wildman–Crippen MR) is 70.3 cm³/mol. The Morgan fingerprint density at radius 1 is 1.47 bits per heavy atom. The number of fused-ring (bicyclic) bond motifs is 1. The molecule has 0 saturated carbocycles. The number of halogens is 1. The molecule has 2 rings (SSSR count). The number of pyridine rings is 1. The topological polar surface area (TPSA) is 51.5 Å². The number of nitrogens with one attached hydrogen (secondary N) is 1. The first kappa shape index (κ1) is 12.3. The summed E-state index contributed by atoms with van der Waals surface area (Å²) < 4.78 is 7.68. The van der Waals surface area contributed by atoms with Gasteiger partial charge in [0.05, 0.1) is 4.47 Å². The maximum Gasteiger partial charge on any atom is 0.243 e. The second-order valence-corrected chi connectivity index (χ2v) is 4.54. The van der Waals surface area contributed by atoms with Crippen molar-refractivity contribution in [2.45, 2.75) is 12.8 Å². The van der Waals surface area contributed by atoms with Gasteiger partial charge in [0.2, 0.25) is 5.95 Å². The zero-order valence-corrected chi connectivity index (χ0v) is 11.3. The summed E-state index contributed by atoms with van der Waals surface area (Å²) in [7, 11) is 1.72. The average molecular weight is 299 g/mol. The van der Waals surface area contributed by atoms with Crippen LogP contribution in [0.5, 0.6) is 0 Å². The van der Waals surface area contributed by atoms with Crippen molar-refractivity contribution in [1.29, 1.82) is 0 Å². The van der Waals surface area contributed by atoms with Crippen LogP contribution in [0.2, 0.25) is 0 Å². The second-order valence-electron chi connectivity index (χ2n) is 3.69. The van der Waals surface area contributed by atoms with Crippen LogP contribution in [0.25, 0.3) is 5.65 Å². The van der Waals surface area contributed by atoms with Gasteiger partial charge in [0, 0.05) is 26.5 Å². The highest BCUT2D eigenvalue weighted by Gasteiger charge is 2.04. The lowest BCUT2D eigenvalue weighted by atomic mass is 10.3. The van der Waals surface area contributed by atoms with E-state index < -0.39 is 0 Å². The highest BCUT2D eigenvalue weighted by Crippen LogP contribution is 2.16. The van der Waals surface area contributed by atoms with Crippen molar-refractivity contribution in [3.05, 3.63) is 22.8 Å². The standard InChI is InChI=1S/C11H15BrN4O/c1-17-8-3-2-6-13-11-14-10-9(12)5-4-7-16(10)15-11/h4-5,7H,2-3,6,8H2,1H3,(H,13,15). The van der Waals surface area contributed by atoms with E-state index in [0.717, 1.165) is 36.1 Å². The van der Waals surface area contributed by atoms with E-state index in [1.165, 1.54) is 0 Å². The largest absolute Gasteiger partial charge is 0.385 e. The van der Waals surface area contributed by atoms with Crippen molar-refractivity contribution in [3.8, 4) is 0 Å². The monoisotopic (exact) mass is 298 g/mol. The molecule has 0 aliphatic heterocycles. The Morgan fingerprint density at radius 2 is 2.35 bits per heavy atom. The van der Waals surface area contributed by atoms with Crippen molar-refractivity contribution in [3.63, 3.8) is 0 Å². The van der Waals surface area contributed by atoms with Crippen LogP contribution in [0.3, 0.4) is 0 Å². The van der Waals surface area contributed by atoms with Crippen molar-refractivity contribution in [2.75, 3.05) is 25.6 Å². The molecule has 0 spiro atoms. The predicted octanol–water partition coefficient (Wildman–Crippen LogP) is 2.33. The van der Waals surface area contributed by atoms with Gasteiger partial charge in [-0.2, -0.15) is 4.98 Å². The summed E-state index contributed by atoms with van der Waals surface area (Å²) in [4.78, 5) is 4.39. The summed E-state index contributed by atoms with van der Waals surface area (Å²) in [6.07, 6.45) is 3.97. The van der Waals surface area contributed by atoms with Crippen LogP contribution in [-0.4, -0.2) is 34.9 Å². The molecule has 5 nitrogen and oxygen atoms in total. The fourth-order valence-corrected chi connectivity index (χ4v) is 1.94. The Kier molecular flexibility index (Phi) is 4.33. The first-order valence-electron chi connectivity index (χ1n) is 5.55. The summed E-state index contributed by atoms with van der Waals surface area (Å²) in [5.74, 6) is 0.661. The Balaban J connectivity index is 1.93. The molecule has 2 aromatic heterocycles. The number of anilines is 1. The molecule has 0 atom stereocenters. The highest BCUT2D eigenvalue weighted by molar-refractivity contribution is 9.10. The minimum Gasteiger partial charge on any atom is -0.385 e. The Labute approximate surface area is 108 Å². The number of methoxy groups -OCH3 is 1. The van der Waals surface area contributed by atoms with Gasteiger partial charge in [0.1, 0.15) is 0 Å². The van der Waals surface area contributed by atoms with E-state index in [0.29, 0.717) is 5.95 Å². The number of hydrogen-bond acceptors (Lipinski definition) is 4. The number of hydrogen-bond donors (Lipinski definition) is 1. The average Bonchev–Trinajstić information content (AvgIpc) is 2.73. The first-order valence-corrected chi connectivity index (χ1v) is 6.34. The molecule has 92 valence electrons. The van der Waals surface area contributed by atoms with Crippen LogP contribution in [0.15, 0.2) is 22.8 Å². The van der Waals surface area contributed by atoms with E-state index in [1.807, 2.05) is 18.3 Å². The number of rotatable bonds is 6. The number of unbranched alkanes of at least 4 members (excludes halogenated alkanes) is 1. The minimum absolute atomic E-state index is 0.661. The smallest absolute Gasteiger partial charge is 0.243 e. The minimum atomic E-state index is 0.661. The van der Waals surface area contributed by atoms with Crippen molar-refractivity contribution >= 4 is 27.5 Å². The van der Waals surface area contributed by atoms with E-state index in [1.54, 1.807) is 11.6 Å². The number of nitrogens with zero attached hydrogens (tertiary/aromatic N) is 3. The van der Waals surface area contributed by atoms with Crippen LogP contribution in [0.1, 0.15) is 12.8 Å². The second kappa shape index (κ2) is 5.97. The van der Waals surface area contributed by atoms with Gasteiger partial charge in [-0.05, 0) is 40.9 Å². The van der Waals surface area contributed by atoms with E-state index in [-0.39, 0.29) is 0 Å². The lowest BCUT2D eigenvalue weighted by molar-refractivity contribution is 0.193. The summed E-state index contributed by atoms with van der Waals surface area (Å²) in [5, 5.41) is 7.53. The van der Waals surface area contributed by atoms with E-state index in [2.05, 4.69) is 31.3 Å². The summed E-state index contributed by atoms with van der Waals surface area (Å²) in [5.41, 5.74) is 0.826. The fraction of sp³-hybridized carbons (Fsp3) is 0.455. The Morgan fingerprint density at radius 3 is 3.12 bits per heavy atom. The SMILES string of the molecule is COCCCCNc1nc2c(Br)cccn2n1. The summed E-state index contributed by atoms with van der Waals surface area (Å²) >= 11 is 3.44. The normalized spacial score (nSPS) is 10.9. The van der Waals surface area contributed by atoms with Crippen molar-refractivity contribution < 1.29 is 4.74 Å². The zero-order valence-electron chi connectivity index (χ0n) is 9.69. The van der Waals surface area contributed by atoms with Crippen LogP contribution in [0.4, 0.5) is 5.95 Å². The van der Waals surface area contributed by atoms with Gasteiger partial charge in [-0.3, -0.25) is 0 Å². The van der Waals surface area contributed by atoms with Gasteiger partial charge in [0.15, 0.2) is 5.65 Å². The maximum absolute atomic E-state index is 4.99. The van der Waals surface area contributed by atoms with Crippen molar-refractivity contribution in [1.82, 2.24) is 14.6 Å². The molecule has 0 bridgehead atoms. The van der Waals surface area contributed by atoms with Gasteiger partial charge in [-0.1, -0.05) is 0 Å². The molecular formula is C11H15BrN4O. The molecule has 2 aromatic rings. The molecule has 0 unspecified atom stereocenters. The molecule has 17 heavy (non-hydrogen) atoms. The fourth-order valence-electron chi connectivity index (χ4n) is 1.52. The molecule has 1 N–H and O–H groups in total. The molecule has 6 heteroatoms. The molecule has 0 aliphatic rings. The molecule has 0 radical (unpaired) electrons. The van der Waals surface area contributed by atoms with Gasteiger partial charge < -0.3 is 10.1 Å². The highest BCUT2D eigenvalue weighted by atomic mass is 79.9. The third-order valence-electron chi connectivity index (χ3n) is 2.37. The lowest BCUT2D eigenvalue weighted by Crippen LogP contribution is -2.04.